The van der Waals surface area contributed by atoms with Crippen molar-refractivity contribution in [2.75, 3.05) is 5.32 Å². The van der Waals surface area contributed by atoms with Crippen molar-refractivity contribution in [3.8, 4) is 10.6 Å². The molecule has 1 amide bonds. The lowest BCUT2D eigenvalue weighted by molar-refractivity contribution is 0.102. The molecule has 1 N–H and O–H groups in total. The van der Waals surface area contributed by atoms with Gasteiger partial charge in [-0.25, -0.2) is 0 Å². The number of hydrogen-bond acceptors (Lipinski definition) is 5. The smallest absolute Gasteiger partial charge is 0.255 e. The molecule has 0 atom stereocenters. The van der Waals surface area contributed by atoms with Crippen LogP contribution in [0.2, 0.25) is 0 Å². The van der Waals surface area contributed by atoms with E-state index in [0.29, 0.717) is 11.5 Å². The summed E-state index contributed by atoms with van der Waals surface area (Å²) in [4.78, 5) is 13.2. The topological polar surface area (TPSA) is 72.2 Å². The zero-order valence-electron chi connectivity index (χ0n) is 15.3. The van der Waals surface area contributed by atoms with Crippen molar-refractivity contribution in [1.82, 2.24) is 19.8 Å². The molecule has 2 aromatic carbocycles. The maximum atomic E-state index is 12.4. The first kappa shape index (κ1) is 17.4. The van der Waals surface area contributed by atoms with Gasteiger partial charge in [0.1, 0.15) is 5.01 Å². The Morgan fingerprint density at radius 1 is 1.04 bits per heavy atom. The number of nitrogens with one attached hydrogen (secondary N) is 1. The fourth-order valence-electron chi connectivity index (χ4n) is 2.75. The lowest BCUT2D eigenvalue weighted by Crippen LogP contribution is -2.11. The van der Waals surface area contributed by atoms with Crippen LogP contribution in [0.5, 0.6) is 0 Å². The van der Waals surface area contributed by atoms with Gasteiger partial charge in [0.05, 0.1) is 0 Å². The van der Waals surface area contributed by atoms with Gasteiger partial charge >= 0.3 is 0 Å². The van der Waals surface area contributed by atoms with E-state index < -0.39 is 0 Å². The molecule has 2 aromatic heterocycles. The Balaban J connectivity index is 1.49. The quantitative estimate of drug-likeness (QED) is 0.567. The second-order valence-electron chi connectivity index (χ2n) is 6.66. The third kappa shape index (κ3) is 3.46. The summed E-state index contributed by atoms with van der Waals surface area (Å²) in [6.45, 7) is 6.14. The highest BCUT2D eigenvalue weighted by atomic mass is 32.1. The minimum Gasteiger partial charge on any atom is -0.322 e. The summed E-state index contributed by atoms with van der Waals surface area (Å²) < 4.78 is 1.73. The predicted molar refractivity (Wildman–Crippen MR) is 107 cm³/mol. The molecule has 0 spiro atoms. The monoisotopic (exact) mass is 377 g/mol. The molecule has 0 aliphatic heterocycles. The van der Waals surface area contributed by atoms with E-state index in [2.05, 4.69) is 34.5 Å². The maximum Gasteiger partial charge on any atom is 0.255 e. The van der Waals surface area contributed by atoms with Crippen LogP contribution in [-0.4, -0.2) is 25.7 Å². The van der Waals surface area contributed by atoms with Crippen LogP contribution in [0.1, 0.15) is 41.5 Å². The van der Waals surface area contributed by atoms with E-state index in [0.717, 1.165) is 27.0 Å². The van der Waals surface area contributed by atoms with Gasteiger partial charge in [-0.05, 0) is 54.8 Å². The van der Waals surface area contributed by atoms with Crippen molar-refractivity contribution < 1.29 is 4.79 Å². The highest BCUT2D eigenvalue weighted by Crippen LogP contribution is 2.26. The lowest BCUT2D eigenvalue weighted by atomic mass is 10.0. The van der Waals surface area contributed by atoms with E-state index in [4.69, 9.17) is 0 Å². The standard InChI is InChI=1S/C20H19N5OS/c1-12(2)14-4-6-15(7-5-14)18(26)21-17-10-8-16(9-11-17)19-24-25-13(3)22-23-20(25)27-19/h4-12H,1-3H3,(H,21,26). The number of rotatable bonds is 4. The number of anilines is 1. The van der Waals surface area contributed by atoms with Crippen LogP contribution in [0.25, 0.3) is 15.5 Å². The normalized spacial score (nSPS) is 11.3. The van der Waals surface area contributed by atoms with Crippen LogP contribution in [0.15, 0.2) is 48.5 Å². The van der Waals surface area contributed by atoms with E-state index in [-0.39, 0.29) is 5.91 Å². The number of hydrogen-bond donors (Lipinski definition) is 1. The molecule has 0 saturated carbocycles. The molecular weight excluding hydrogens is 358 g/mol. The lowest BCUT2D eigenvalue weighted by Gasteiger charge is -2.08. The van der Waals surface area contributed by atoms with Crippen molar-refractivity contribution >= 4 is 27.9 Å². The number of carbonyl (C=O) groups is 1. The van der Waals surface area contributed by atoms with Crippen molar-refractivity contribution in [3.05, 3.63) is 65.5 Å². The number of nitrogens with zero attached hydrogens (tertiary/aromatic N) is 4. The zero-order chi connectivity index (χ0) is 19.0. The van der Waals surface area contributed by atoms with Gasteiger partial charge in [0, 0.05) is 16.8 Å². The Bertz CT molecular complexity index is 1090. The Hall–Kier alpha value is -3.06. The van der Waals surface area contributed by atoms with Crippen LogP contribution < -0.4 is 5.32 Å². The fraction of sp³-hybridized carbons (Fsp3) is 0.200. The Morgan fingerprint density at radius 3 is 2.37 bits per heavy atom. The van der Waals surface area contributed by atoms with Crippen molar-refractivity contribution in [1.29, 1.82) is 0 Å². The molecule has 27 heavy (non-hydrogen) atoms. The zero-order valence-corrected chi connectivity index (χ0v) is 16.1. The van der Waals surface area contributed by atoms with Gasteiger partial charge in [0.2, 0.25) is 4.96 Å². The second kappa shape index (κ2) is 6.92. The SMILES string of the molecule is Cc1nnc2sc(-c3ccc(NC(=O)c4ccc(C(C)C)cc4)cc3)nn12. The average molecular weight is 377 g/mol. The summed E-state index contributed by atoms with van der Waals surface area (Å²) in [5.41, 5.74) is 3.59. The molecule has 0 bridgehead atoms. The molecular formula is C20H19N5OS. The number of amides is 1. The molecule has 0 aliphatic rings. The van der Waals surface area contributed by atoms with Gasteiger partial charge in [-0.2, -0.15) is 9.61 Å². The molecule has 7 heteroatoms. The molecule has 136 valence electrons. The molecule has 0 radical (unpaired) electrons. The fourth-order valence-corrected chi connectivity index (χ4v) is 3.64. The third-order valence-corrected chi connectivity index (χ3v) is 5.32. The van der Waals surface area contributed by atoms with Gasteiger partial charge in [0.25, 0.3) is 5.91 Å². The Morgan fingerprint density at radius 2 is 1.74 bits per heavy atom. The highest BCUT2D eigenvalue weighted by molar-refractivity contribution is 7.19. The molecule has 0 fully saturated rings. The first-order valence-electron chi connectivity index (χ1n) is 8.72. The van der Waals surface area contributed by atoms with Crippen LogP contribution >= 0.6 is 11.3 Å². The van der Waals surface area contributed by atoms with Crippen LogP contribution in [0.3, 0.4) is 0 Å². The summed E-state index contributed by atoms with van der Waals surface area (Å²) in [6.07, 6.45) is 0. The summed E-state index contributed by atoms with van der Waals surface area (Å²) in [6, 6.07) is 15.4. The summed E-state index contributed by atoms with van der Waals surface area (Å²) in [7, 11) is 0. The summed E-state index contributed by atoms with van der Waals surface area (Å²) in [5.74, 6) is 1.09. The molecule has 2 heterocycles. The average Bonchev–Trinajstić information content (AvgIpc) is 3.25. The Kier molecular flexibility index (Phi) is 4.45. The predicted octanol–water partition coefficient (Wildman–Crippen LogP) is 4.54. The minimum atomic E-state index is -0.118. The van der Waals surface area contributed by atoms with Crippen LogP contribution in [-0.2, 0) is 0 Å². The minimum absolute atomic E-state index is 0.118. The van der Waals surface area contributed by atoms with Gasteiger partial charge in [-0.3, -0.25) is 4.79 Å². The molecule has 6 nitrogen and oxygen atoms in total. The third-order valence-electron chi connectivity index (χ3n) is 4.38. The molecule has 0 aliphatic carbocycles. The second-order valence-corrected chi connectivity index (χ2v) is 7.61. The van der Waals surface area contributed by atoms with E-state index in [1.165, 1.54) is 16.9 Å². The van der Waals surface area contributed by atoms with E-state index >= 15 is 0 Å². The van der Waals surface area contributed by atoms with Crippen LogP contribution in [0.4, 0.5) is 5.69 Å². The number of aromatic nitrogens is 4. The number of carbonyl (C=O) groups excluding carboxylic acids is 1. The maximum absolute atomic E-state index is 12.4. The van der Waals surface area contributed by atoms with Crippen LogP contribution in [0, 0.1) is 6.92 Å². The highest BCUT2D eigenvalue weighted by Gasteiger charge is 2.11. The van der Waals surface area contributed by atoms with Crippen molar-refractivity contribution in [3.63, 3.8) is 0 Å². The van der Waals surface area contributed by atoms with Crippen molar-refractivity contribution in [2.24, 2.45) is 0 Å². The largest absolute Gasteiger partial charge is 0.322 e. The summed E-state index contributed by atoms with van der Waals surface area (Å²) >= 11 is 1.48. The van der Waals surface area contributed by atoms with Crippen molar-refractivity contribution in [2.45, 2.75) is 26.7 Å². The van der Waals surface area contributed by atoms with E-state index in [1.54, 1.807) is 4.52 Å². The molecule has 4 aromatic rings. The number of fused-ring (bicyclic) bond motifs is 1. The number of benzene rings is 2. The number of aryl methyl sites for hydroxylation is 1. The molecule has 0 saturated heterocycles. The van der Waals surface area contributed by atoms with E-state index in [1.807, 2.05) is 55.5 Å². The van der Waals surface area contributed by atoms with Gasteiger partial charge in [0.15, 0.2) is 5.82 Å². The molecule has 0 unspecified atom stereocenters. The first-order valence-corrected chi connectivity index (χ1v) is 9.53. The first-order chi connectivity index (χ1) is 13.0. The van der Waals surface area contributed by atoms with E-state index in [9.17, 15) is 4.79 Å². The summed E-state index contributed by atoms with van der Waals surface area (Å²) in [5, 5.41) is 16.4. The van der Waals surface area contributed by atoms with Gasteiger partial charge in [-0.15, -0.1) is 10.2 Å². The van der Waals surface area contributed by atoms with Gasteiger partial charge < -0.3 is 5.32 Å². The van der Waals surface area contributed by atoms with Gasteiger partial charge in [-0.1, -0.05) is 37.3 Å². The molecule has 4 rings (SSSR count). The Labute approximate surface area is 160 Å².